The van der Waals surface area contributed by atoms with Gasteiger partial charge in [0, 0.05) is 0 Å². The molecule has 1 aromatic rings. The summed E-state index contributed by atoms with van der Waals surface area (Å²) in [7, 11) is 0. The maximum Gasteiger partial charge on any atom is 0.127 e. The molecule has 1 heteroatoms. The van der Waals surface area contributed by atoms with Crippen LogP contribution >= 0.6 is 0 Å². The fourth-order valence-corrected chi connectivity index (χ4v) is 1.15. The van der Waals surface area contributed by atoms with Gasteiger partial charge in [-0.15, -0.1) is 0 Å². The monoisotopic (exact) mass is 212 g/mol. The molecule has 0 saturated carbocycles. The Labute approximate surface area is 97.1 Å². The molecular formula is C15H16O. The summed E-state index contributed by atoms with van der Waals surface area (Å²) in [6.07, 6.45) is 8.87. The zero-order valence-electron chi connectivity index (χ0n) is 9.52. The predicted molar refractivity (Wildman–Crippen MR) is 69.4 cm³/mol. The third-order valence-electron chi connectivity index (χ3n) is 1.94. The highest BCUT2D eigenvalue weighted by Crippen LogP contribution is 2.15. The van der Waals surface area contributed by atoms with E-state index in [1.54, 1.807) is 18.2 Å². The molecule has 0 heterocycles. The second kappa shape index (κ2) is 6.46. The third kappa shape index (κ3) is 4.01. The quantitative estimate of drug-likeness (QED) is 0.525. The highest BCUT2D eigenvalue weighted by molar-refractivity contribution is 5.31. The average molecular weight is 212 g/mol. The molecule has 16 heavy (non-hydrogen) atoms. The van der Waals surface area contributed by atoms with Crippen molar-refractivity contribution in [2.75, 3.05) is 0 Å². The molecule has 0 aliphatic heterocycles. The minimum atomic E-state index is 0.735. The summed E-state index contributed by atoms with van der Waals surface area (Å²) >= 11 is 0. The second-order valence-corrected chi connectivity index (χ2v) is 3.31. The zero-order chi connectivity index (χ0) is 11.8. The molecule has 0 aromatic heterocycles. The molecular weight excluding hydrogens is 196 g/mol. The number of hydrogen-bond donors (Lipinski definition) is 0. The summed E-state index contributed by atoms with van der Waals surface area (Å²) in [6, 6.07) is 7.90. The van der Waals surface area contributed by atoms with Crippen molar-refractivity contribution in [1.29, 1.82) is 0 Å². The number of allylic oxidation sites excluding steroid dienone is 5. The molecule has 0 atom stereocenters. The number of benzene rings is 1. The van der Waals surface area contributed by atoms with Crippen molar-refractivity contribution in [3.63, 3.8) is 0 Å². The van der Waals surface area contributed by atoms with Gasteiger partial charge in [0.1, 0.15) is 11.5 Å². The van der Waals surface area contributed by atoms with Gasteiger partial charge in [0.2, 0.25) is 0 Å². The minimum absolute atomic E-state index is 0.735. The molecule has 0 bridgehead atoms. The first-order chi connectivity index (χ1) is 7.76. The van der Waals surface area contributed by atoms with Crippen LogP contribution in [0.3, 0.4) is 0 Å². The van der Waals surface area contributed by atoms with Gasteiger partial charge in [0.15, 0.2) is 0 Å². The van der Waals surface area contributed by atoms with Crippen LogP contribution in [-0.2, 0) is 0 Å². The lowest BCUT2D eigenvalue weighted by molar-refractivity contribution is 0.444. The lowest BCUT2D eigenvalue weighted by Crippen LogP contribution is -1.91. The highest BCUT2D eigenvalue weighted by Gasteiger charge is 1.95. The van der Waals surface area contributed by atoms with Crippen LogP contribution < -0.4 is 4.74 Å². The van der Waals surface area contributed by atoms with Crippen LogP contribution in [0.2, 0.25) is 0 Å². The summed E-state index contributed by atoms with van der Waals surface area (Å²) in [5.41, 5.74) is 1.21. The topological polar surface area (TPSA) is 9.23 Å². The SMILES string of the molecule is C=C/C=C\C(=C/C=C)Oc1ccc(C)cc1. The molecule has 0 amide bonds. The Hall–Kier alpha value is -2.02. The Bertz CT molecular complexity index is 408. The number of rotatable bonds is 5. The van der Waals surface area contributed by atoms with Crippen LogP contribution in [0.1, 0.15) is 5.56 Å². The first-order valence-electron chi connectivity index (χ1n) is 5.12. The van der Waals surface area contributed by atoms with Crippen LogP contribution in [0.15, 0.2) is 73.6 Å². The normalized spacial score (nSPS) is 11.4. The van der Waals surface area contributed by atoms with E-state index in [1.807, 2.05) is 43.3 Å². The van der Waals surface area contributed by atoms with E-state index in [-0.39, 0.29) is 0 Å². The molecule has 1 nitrogen and oxygen atoms in total. The van der Waals surface area contributed by atoms with Gasteiger partial charge in [0.25, 0.3) is 0 Å². The third-order valence-corrected chi connectivity index (χ3v) is 1.94. The zero-order valence-corrected chi connectivity index (χ0v) is 9.52. The fraction of sp³-hybridized carbons (Fsp3) is 0.0667. The fourth-order valence-electron chi connectivity index (χ4n) is 1.15. The van der Waals surface area contributed by atoms with Crippen LogP contribution in [0, 0.1) is 6.92 Å². The molecule has 0 saturated heterocycles. The molecule has 0 aliphatic rings. The van der Waals surface area contributed by atoms with Crippen LogP contribution in [0.25, 0.3) is 0 Å². The van der Waals surface area contributed by atoms with Gasteiger partial charge in [0.05, 0.1) is 0 Å². The summed E-state index contributed by atoms with van der Waals surface area (Å²) in [6.45, 7) is 9.31. The van der Waals surface area contributed by atoms with E-state index < -0.39 is 0 Å². The van der Waals surface area contributed by atoms with Crippen molar-refractivity contribution in [2.24, 2.45) is 0 Å². The molecule has 0 unspecified atom stereocenters. The highest BCUT2D eigenvalue weighted by atomic mass is 16.5. The molecule has 1 aromatic carbocycles. The van der Waals surface area contributed by atoms with Crippen molar-refractivity contribution in [3.05, 3.63) is 79.1 Å². The van der Waals surface area contributed by atoms with E-state index in [1.165, 1.54) is 5.56 Å². The van der Waals surface area contributed by atoms with E-state index in [4.69, 9.17) is 4.74 Å². The van der Waals surface area contributed by atoms with E-state index in [0.29, 0.717) is 0 Å². The Morgan fingerprint density at radius 2 is 1.81 bits per heavy atom. The van der Waals surface area contributed by atoms with Crippen molar-refractivity contribution in [2.45, 2.75) is 6.92 Å². The van der Waals surface area contributed by atoms with Gasteiger partial charge < -0.3 is 4.74 Å². The Kier molecular flexibility index (Phi) is 4.87. The van der Waals surface area contributed by atoms with Gasteiger partial charge >= 0.3 is 0 Å². The second-order valence-electron chi connectivity index (χ2n) is 3.31. The standard InChI is InChI=1S/C15H16O/c1-4-6-8-14(7-5-2)16-15-11-9-13(3)10-12-15/h4-12H,1-2H2,3H3/b8-6-,14-7+. The molecule has 0 radical (unpaired) electrons. The maximum absolute atomic E-state index is 5.67. The van der Waals surface area contributed by atoms with E-state index >= 15 is 0 Å². The van der Waals surface area contributed by atoms with Crippen LogP contribution in [-0.4, -0.2) is 0 Å². The summed E-state index contributed by atoms with van der Waals surface area (Å²) in [5.74, 6) is 1.55. The first-order valence-corrected chi connectivity index (χ1v) is 5.12. The van der Waals surface area contributed by atoms with Gasteiger partial charge in [-0.1, -0.05) is 49.1 Å². The minimum Gasteiger partial charge on any atom is -0.457 e. The molecule has 82 valence electrons. The van der Waals surface area contributed by atoms with Gasteiger partial charge in [-0.05, 0) is 31.2 Å². The number of hydrogen-bond acceptors (Lipinski definition) is 1. The average Bonchev–Trinajstić information content (AvgIpc) is 2.29. The Morgan fingerprint density at radius 3 is 2.38 bits per heavy atom. The molecule has 0 fully saturated rings. The van der Waals surface area contributed by atoms with Crippen molar-refractivity contribution in [3.8, 4) is 5.75 Å². The lowest BCUT2D eigenvalue weighted by atomic mass is 10.2. The van der Waals surface area contributed by atoms with Gasteiger partial charge in [-0.2, -0.15) is 0 Å². The summed E-state index contributed by atoms with van der Waals surface area (Å²) < 4.78 is 5.67. The summed E-state index contributed by atoms with van der Waals surface area (Å²) in [5, 5.41) is 0. The van der Waals surface area contributed by atoms with Crippen molar-refractivity contribution in [1.82, 2.24) is 0 Å². The summed E-state index contributed by atoms with van der Waals surface area (Å²) in [4.78, 5) is 0. The maximum atomic E-state index is 5.67. The molecule has 1 rings (SSSR count). The number of aryl methyl sites for hydroxylation is 1. The predicted octanol–water partition coefficient (Wildman–Crippen LogP) is 4.19. The van der Waals surface area contributed by atoms with Crippen LogP contribution in [0.5, 0.6) is 5.75 Å². The largest absolute Gasteiger partial charge is 0.457 e. The van der Waals surface area contributed by atoms with E-state index in [0.717, 1.165) is 11.5 Å². The first kappa shape index (κ1) is 12.1. The van der Waals surface area contributed by atoms with Crippen molar-refractivity contribution < 1.29 is 4.74 Å². The van der Waals surface area contributed by atoms with Crippen molar-refractivity contribution >= 4 is 0 Å². The molecule has 0 aliphatic carbocycles. The van der Waals surface area contributed by atoms with Crippen LogP contribution in [0.4, 0.5) is 0 Å². The molecule has 0 spiro atoms. The van der Waals surface area contributed by atoms with Gasteiger partial charge in [-0.3, -0.25) is 0 Å². The van der Waals surface area contributed by atoms with Gasteiger partial charge in [-0.25, -0.2) is 0 Å². The number of ether oxygens (including phenoxy) is 1. The van der Waals surface area contributed by atoms with E-state index in [9.17, 15) is 0 Å². The smallest absolute Gasteiger partial charge is 0.127 e. The lowest BCUT2D eigenvalue weighted by Gasteiger charge is -2.05. The Balaban J connectivity index is 2.79. The molecule has 0 N–H and O–H groups in total. The Morgan fingerprint density at radius 1 is 1.12 bits per heavy atom. The van der Waals surface area contributed by atoms with E-state index in [2.05, 4.69) is 13.2 Å².